The normalized spacial score (nSPS) is 13.9. The van der Waals surface area contributed by atoms with E-state index in [2.05, 4.69) is 497 Å². The van der Waals surface area contributed by atoms with Crippen LogP contribution in [0.25, 0.3) is 83.1 Å². The second kappa shape index (κ2) is 31.5. The zero-order valence-electron chi connectivity index (χ0n) is 67.5. The Morgan fingerprint density at radius 2 is 0.612 bits per heavy atom. The van der Waals surface area contributed by atoms with Gasteiger partial charge in [0.2, 0.25) is 0 Å². The van der Waals surface area contributed by atoms with Crippen LogP contribution in [0.3, 0.4) is 0 Å². The number of benzene rings is 18. The maximum absolute atomic E-state index is 4.71. The summed E-state index contributed by atoms with van der Waals surface area (Å²) in [5.41, 5.74) is 23.4. The molecule has 3 aliphatic rings. The van der Waals surface area contributed by atoms with E-state index >= 15 is 0 Å². The molecule has 19 aromatic rings. The maximum Gasteiger partial charge on any atom is 0.179 e. The van der Waals surface area contributed by atoms with Crippen LogP contribution in [-0.4, -0.2) is 28.8 Å². The van der Waals surface area contributed by atoms with Crippen LogP contribution in [0.5, 0.6) is 0 Å². The van der Waals surface area contributed by atoms with Crippen molar-refractivity contribution in [2.75, 3.05) is 0 Å². The highest BCUT2D eigenvalue weighted by atomic mass is 28.3. The molecule has 18 aromatic carbocycles. The zero-order valence-corrected chi connectivity index (χ0v) is 70.5. The number of hydrogen-bond donors (Lipinski definition) is 0. The van der Waals surface area contributed by atoms with E-state index in [4.69, 9.17) is 6.58 Å². The van der Waals surface area contributed by atoms with Gasteiger partial charge in [-0.25, -0.2) is 0 Å². The molecular formula is C117H87NSi3. The van der Waals surface area contributed by atoms with Crippen molar-refractivity contribution in [3.05, 3.63) is 531 Å². The topological polar surface area (TPSA) is 4.93 Å². The van der Waals surface area contributed by atoms with Crippen LogP contribution < -0.4 is 57.1 Å². The fourth-order valence-electron chi connectivity index (χ4n) is 21.2. The standard InChI is InChI=1S/C117H87NSi3/c1-3-42-112(121(97-61-30-12-31-62-97,98-63-32-13-33-64-98)101-80-89(84-43-14-4-15-44-84)77-90(81-101)85-45-16-5-17-46-85)114-83(2)113-105-68-34-35-69-106(105)117(114)116-107(113)72-41-74-111(116)118-109-73-37-36-67-104(109)108-82-88(75-76-110(108)118)115-102(86-47-38-65-99(78-86)119(91-49-18-6-19-50-91,92-51-20-7-21-52-92)93-53-22-8-23-54-93)70-40-71-103(115)87-48-39-66-100(79-87)120(94-55-24-9-25-56-94,95-57-26-10-27-58-95)96-59-28-11-29-60-96/h3-82,113,117H,1H2,2H3/b112-42+. The van der Waals surface area contributed by atoms with Gasteiger partial charge < -0.3 is 4.57 Å². The highest BCUT2D eigenvalue weighted by Crippen LogP contribution is 2.60. The van der Waals surface area contributed by atoms with Gasteiger partial charge in [0.05, 0.1) is 16.7 Å². The van der Waals surface area contributed by atoms with E-state index in [0.29, 0.717) is 0 Å². The van der Waals surface area contributed by atoms with E-state index < -0.39 is 24.2 Å². The van der Waals surface area contributed by atoms with Gasteiger partial charge in [0.1, 0.15) is 0 Å². The molecule has 4 heteroatoms. The van der Waals surface area contributed by atoms with Gasteiger partial charge in [-0.05, 0) is 183 Å². The minimum Gasteiger partial charge on any atom is -0.309 e. The molecule has 0 radical (unpaired) electrons. The number of allylic oxidation sites excluding steroid dienone is 5. The minimum atomic E-state index is -3.47. The molecule has 2 atom stereocenters. The third-order valence-corrected chi connectivity index (χ3v) is 40.5. The molecule has 0 saturated heterocycles. The first-order valence-electron chi connectivity index (χ1n) is 42.3. The molecule has 121 heavy (non-hydrogen) atoms. The Kier molecular flexibility index (Phi) is 19.3. The molecule has 0 amide bonds. The number of rotatable bonds is 20. The fraction of sp³-hybridized carbons (Fsp3) is 0.0256. The van der Waals surface area contributed by atoms with Gasteiger partial charge >= 0.3 is 0 Å². The molecule has 1 heterocycles. The lowest BCUT2D eigenvalue weighted by Crippen LogP contribution is -2.74. The molecule has 0 saturated carbocycles. The molecule has 3 aliphatic carbocycles. The minimum absolute atomic E-state index is 0.0402. The van der Waals surface area contributed by atoms with Crippen molar-refractivity contribution in [1.82, 2.24) is 4.57 Å². The van der Waals surface area contributed by atoms with Crippen LogP contribution in [0.2, 0.25) is 0 Å². The third kappa shape index (κ3) is 12.3. The smallest absolute Gasteiger partial charge is 0.179 e. The first-order valence-corrected chi connectivity index (χ1v) is 48.3. The third-order valence-electron chi connectivity index (χ3n) is 26.2. The summed E-state index contributed by atoms with van der Waals surface area (Å²) in [6, 6.07) is 180. The van der Waals surface area contributed by atoms with Crippen LogP contribution >= 0.6 is 0 Å². The van der Waals surface area contributed by atoms with Gasteiger partial charge in [-0.15, -0.1) is 0 Å². The molecule has 1 nitrogen and oxygen atoms in total. The Bertz CT molecular complexity index is 6650. The quantitative estimate of drug-likeness (QED) is 0.0407. The summed E-state index contributed by atoms with van der Waals surface area (Å²) >= 11 is 0. The van der Waals surface area contributed by atoms with Crippen LogP contribution in [0, 0.1) is 0 Å². The molecule has 0 N–H and O–H groups in total. The molecule has 0 aliphatic heterocycles. The summed E-state index contributed by atoms with van der Waals surface area (Å²) in [4.78, 5) is 0. The molecular weight excluding hydrogens is 1500 g/mol. The average molecular weight is 1590 g/mol. The Balaban J connectivity index is 0.801. The monoisotopic (exact) mass is 1590 g/mol. The Labute approximate surface area is 712 Å². The molecule has 22 rings (SSSR count). The molecule has 572 valence electrons. The van der Waals surface area contributed by atoms with E-state index in [1.165, 1.54) is 151 Å². The fourth-order valence-corrected chi connectivity index (χ4v) is 36.0. The van der Waals surface area contributed by atoms with Gasteiger partial charge in [0, 0.05) is 22.6 Å². The summed E-state index contributed by atoms with van der Waals surface area (Å²) in [6.45, 7) is 7.18. The summed E-state index contributed by atoms with van der Waals surface area (Å²) in [5, 5.41) is 18.3. The average Bonchev–Trinajstić information content (AvgIpc) is 1.62. The second-order valence-electron chi connectivity index (χ2n) is 32.4. The first-order chi connectivity index (χ1) is 59.9. The molecule has 0 fully saturated rings. The Hall–Kier alpha value is -14.4. The molecule has 0 spiro atoms. The Morgan fingerprint density at radius 1 is 0.264 bits per heavy atom. The van der Waals surface area contributed by atoms with E-state index in [9.17, 15) is 0 Å². The molecule has 2 bridgehead atoms. The first kappa shape index (κ1) is 74.2. The van der Waals surface area contributed by atoms with E-state index in [1.807, 2.05) is 0 Å². The summed E-state index contributed by atoms with van der Waals surface area (Å²) in [6.07, 6.45) is 4.53. The van der Waals surface area contributed by atoms with Crippen molar-refractivity contribution >= 4 is 103 Å². The lowest BCUT2D eigenvalue weighted by Gasteiger charge is -2.48. The van der Waals surface area contributed by atoms with Gasteiger partial charge in [-0.2, -0.15) is 0 Å². The lowest BCUT2D eigenvalue weighted by atomic mass is 9.60. The predicted octanol–water partition coefficient (Wildman–Crippen LogP) is 21.6. The van der Waals surface area contributed by atoms with Crippen molar-refractivity contribution in [1.29, 1.82) is 0 Å². The number of nitrogens with zero attached hydrogens (tertiary/aromatic N) is 1. The number of para-hydroxylation sites is 1. The van der Waals surface area contributed by atoms with Crippen molar-refractivity contribution < 1.29 is 0 Å². The number of aromatic nitrogens is 1. The van der Waals surface area contributed by atoms with E-state index in [1.54, 1.807) is 0 Å². The number of fused-ring (bicyclic) bond motifs is 3. The van der Waals surface area contributed by atoms with E-state index in [0.717, 1.165) is 27.7 Å². The Morgan fingerprint density at radius 3 is 1.06 bits per heavy atom. The van der Waals surface area contributed by atoms with Crippen LogP contribution in [0.15, 0.2) is 508 Å². The molecule has 2 unspecified atom stereocenters. The summed E-state index contributed by atoms with van der Waals surface area (Å²) < 4.78 is 2.64. The van der Waals surface area contributed by atoms with Crippen molar-refractivity contribution in [2.45, 2.75) is 18.8 Å². The van der Waals surface area contributed by atoms with Gasteiger partial charge in [-0.1, -0.05) is 467 Å². The SMILES string of the molecule is C=C/C=C(\C1=C(C)C2c3ccccc3C1c1c2cccc1-n1c2ccccc2c2cc(-c3c(-c4cccc([Si](c5ccccc5)(c5ccccc5)c5ccccc5)c4)cccc3-c3cccc([Si](c4ccccc4)(c4ccccc4)c4ccccc4)c3)ccc21)[Si](c1ccccc1)(c1ccccc1)c1cc(-c2ccccc2)cc(-c2ccccc2)c1. The highest BCUT2D eigenvalue weighted by molar-refractivity contribution is 7.21. The number of hydrogen-bond acceptors (Lipinski definition) is 0. The highest BCUT2D eigenvalue weighted by Gasteiger charge is 2.52. The van der Waals surface area contributed by atoms with Gasteiger partial charge in [0.25, 0.3) is 0 Å². The van der Waals surface area contributed by atoms with Gasteiger partial charge in [-0.3, -0.25) is 0 Å². The summed E-state index contributed by atoms with van der Waals surface area (Å²) in [5.74, 6) is -0.221. The predicted molar refractivity (Wildman–Crippen MR) is 520 cm³/mol. The maximum atomic E-state index is 4.71. The molecule has 1 aromatic heterocycles. The van der Waals surface area contributed by atoms with Crippen LogP contribution in [0.4, 0.5) is 0 Å². The summed E-state index contributed by atoms with van der Waals surface area (Å²) in [7, 11) is -9.48. The lowest BCUT2D eigenvalue weighted by molar-refractivity contribution is 0.734. The van der Waals surface area contributed by atoms with E-state index in [-0.39, 0.29) is 11.8 Å². The van der Waals surface area contributed by atoms with Crippen molar-refractivity contribution in [2.24, 2.45) is 0 Å². The van der Waals surface area contributed by atoms with Crippen LogP contribution in [-0.2, 0) is 0 Å². The zero-order chi connectivity index (χ0) is 80.9. The van der Waals surface area contributed by atoms with Gasteiger partial charge in [0.15, 0.2) is 24.2 Å². The van der Waals surface area contributed by atoms with Crippen molar-refractivity contribution in [3.8, 4) is 61.3 Å². The second-order valence-corrected chi connectivity index (χ2v) is 43.8. The largest absolute Gasteiger partial charge is 0.309 e. The van der Waals surface area contributed by atoms with Crippen LogP contribution in [0.1, 0.15) is 41.0 Å². The van der Waals surface area contributed by atoms with Crippen molar-refractivity contribution in [3.63, 3.8) is 0 Å².